The van der Waals surface area contributed by atoms with E-state index in [1.54, 1.807) is 23.9 Å². The van der Waals surface area contributed by atoms with Crippen LogP contribution in [0, 0.1) is 0 Å². The minimum atomic E-state index is -0.0436. The second-order valence-corrected chi connectivity index (χ2v) is 6.99. The zero-order chi connectivity index (χ0) is 14.0. The molecule has 0 aliphatic carbocycles. The number of benzene rings is 2. The van der Waals surface area contributed by atoms with Crippen molar-refractivity contribution in [2.75, 3.05) is 0 Å². The van der Waals surface area contributed by atoms with Gasteiger partial charge in [0.25, 0.3) is 0 Å². The van der Waals surface area contributed by atoms with Gasteiger partial charge in [0.15, 0.2) is 0 Å². The third-order valence-electron chi connectivity index (χ3n) is 2.58. The minimum Gasteiger partial charge on any atom is -0.324 e. The van der Waals surface area contributed by atoms with Crippen LogP contribution in [0.3, 0.4) is 0 Å². The van der Waals surface area contributed by atoms with E-state index in [2.05, 4.69) is 15.9 Å². The van der Waals surface area contributed by atoms with Crippen LogP contribution >= 0.6 is 50.9 Å². The molecule has 2 N–H and O–H groups in total. The number of halogens is 3. The summed E-state index contributed by atoms with van der Waals surface area (Å²) in [4.78, 5) is 2.01. The summed E-state index contributed by atoms with van der Waals surface area (Å²) in [6.07, 6.45) is 0. The Morgan fingerprint density at radius 3 is 2.53 bits per heavy atom. The van der Waals surface area contributed by atoms with Crippen molar-refractivity contribution >= 4 is 50.9 Å². The van der Waals surface area contributed by atoms with Gasteiger partial charge in [-0.25, -0.2) is 0 Å². The van der Waals surface area contributed by atoms with E-state index in [1.807, 2.05) is 31.2 Å². The van der Waals surface area contributed by atoms with Crippen molar-refractivity contribution in [2.45, 2.75) is 22.8 Å². The molecule has 0 bridgehead atoms. The molecular formula is C14H12BrCl2NS. The van der Waals surface area contributed by atoms with Crippen molar-refractivity contribution in [3.63, 3.8) is 0 Å². The molecule has 100 valence electrons. The highest BCUT2D eigenvalue weighted by atomic mass is 79.9. The molecule has 2 rings (SSSR count). The van der Waals surface area contributed by atoms with E-state index in [9.17, 15) is 0 Å². The van der Waals surface area contributed by atoms with E-state index in [0.717, 1.165) is 19.8 Å². The first-order valence-electron chi connectivity index (χ1n) is 5.65. The number of rotatable bonds is 3. The Kier molecular flexibility index (Phi) is 5.21. The summed E-state index contributed by atoms with van der Waals surface area (Å²) in [7, 11) is 0. The molecule has 2 aromatic rings. The van der Waals surface area contributed by atoms with Gasteiger partial charge >= 0.3 is 0 Å². The Hall–Kier alpha value is -0.190. The molecule has 0 aliphatic rings. The summed E-state index contributed by atoms with van der Waals surface area (Å²) in [5.74, 6) is 0. The highest BCUT2D eigenvalue weighted by molar-refractivity contribution is 9.10. The van der Waals surface area contributed by atoms with Gasteiger partial charge in [-0.3, -0.25) is 0 Å². The van der Waals surface area contributed by atoms with E-state index in [4.69, 9.17) is 28.9 Å². The van der Waals surface area contributed by atoms with Gasteiger partial charge < -0.3 is 5.73 Å². The first-order valence-corrected chi connectivity index (χ1v) is 8.02. The summed E-state index contributed by atoms with van der Waals surface area (Å²) in [6.45, 7) is 1.96. The standard InChI is InChI=1S/C14H12BrCl2NS/c1-8(18)11-6-9(15)2-5-13(11)19-14-7-10(16)3-4-12(14)17/h2-8H,18H2,1H3. The van der Waals surface area contributed by atoms with Crippen LogP contribution in [0.2, 0.25) is 10.0 Å². The van der Waals surface area contributed by atoms with E-state index in [0.29, 0.717) is 10.0 Å². The van der Waals surface area contributed by atoms with E-state index in [1.165, 1.54) is 0 Å². The molecule has 0 saturated heterocycles. The van der Waals surface area contributed by atoms with Crippen molar-refractivity contribution in [1.82, 2.24) is 0 Å². The maximum Gasteiger partial charge on any atom is 0.0546 e. The topological polar surface area (TPSA) is 26.0 Å². The van der Waals surface area contributed by atoms with E-state index in [-0.39, 0.29) is 6.04 Å². The third-order valence-corrected chi connectivity index (χ3v) is 4.89. The molecule has 1 atom stereocenters. The molecule has 5 heteroatoms. The molecule has 2 aromatic carbocycles. The van der Waals surface area contributed by atoms with Gasteiger partial charge in [0.2, 0.25) is 0 Å². The molecule has 0 amide bonds. The summed E-state index contributed by atoms with van der Waals surface area (Å²) >= 11 is 17.2. The molecule has 1 unspecified atom stereocenters. The number of nitrogens with two attached hydrogens (primary N) is 1. The van der Waals surface area contributed by atoms with Crippen LogP contribution in [0.25, 0.3) is 0 Å². The predicted molar refractivity (Wildman–Crippen MR) is 87.3 cm³/mol. The maximum atomic E-state index is 6.19. The van der Waals surface area contributed by atoms with Crippen molar-refractivity contribution in [3.05, 3.63) is 56.5 Å². The molecule has 0 radical (unpaired) electrons. The lowest BCUT2D eigenvalue weighted by atomic mass is 10.1. The minimum absolute atomic E-state index is 0.0436. The van der Waals surface area contributed by atoms with Crippen LogP contribution in [0.4, 0.5) is 0 Å². The zero-order valence-electron chi connectivity index (χ0n) is 10.2. The first-order chi connectivity index (χ1) is 8.97. The van der Waals surface area contributed by atoms with Gasteiger partial charge in [0.05, 0.1) is 5.02 Å². The summed E-state index contributed by atoms with van der Waals surface area (Å²) in [5.41, 5.74) is 7.09. The van der Waals surface area contributed by atoms with Crippen LogP contribution in [0.5, 0.6) is 0 Å². The number of hydrogen-bond acceptors (Lipinski definition) is 2. The predicted octanol–water partition coefficient (Wildman–Crippen LogP) is 5.93. The van der Waals surface area contributed by atoms with Crippen LogP contribution in [0.15, 0.2) is 50.7 Å². The lowest BCUT2D eigenvalue weighted by molar-refractivity contribution is 0.796. The Balaban J connectivity index is 2.40. The normalized spacial score (nSPS) is 12.5. The fourth-order valence-electron chi connectivity index (χ4n) is 1.64. The monoisotopic (exact) mass is 375 g/mol. The van der Waals surface area contributed by atoms with Crippen LogP contribution < -0.4 is 5.73 Å². The Labute approximate surface area is 135 Å². The van der Waals surface area contributed by atoms with Crippen LogP contribution in [-0.2, 0) is 0 Å². The molecular weight excluding hydrogens is 365 g/mol. The molecule has 19 heavy (non-hydrogen) atoms. The summed E-state index contributed by atoms with van der Waals surface area (Å²) in [5, 5.41) is 1.36. The molecule has 0 spiro atoms. The summed E-state index contributed by atoms with van der Waals surface area (Å²) < 4.78 is 1.02. The highest BCUT2D eigenvalue weighted by Crippen LogP contribution is 2.38. The molecule has 0 aliphatic heterocycles. The van der Waals surface area contributed by atoms with Gasteiger partial charge in [-0.15, -0.1) is 0 Å². The Morgan fingerprint density at radius 2 is 1.84 bits per heavy atom. The highest BCUT2D eigenvalue weighted by Gasteiger charge is 2.11. The SMILES string of the molecule is CC(N)c1cc(Br)ccc1Sc1cc(Cl)ccc1Cl. The average molecular weight is 377 g/mol. The van der Waals surface area contributed by atoms with Crippen LogP contribution in [-0.4, -0.2) is 0 Å². The molecule has 0 heterocycles. The largest absolute Gasteiger partial charge is 0.324 e. The van der Waals surface area contributed by atoms with Crippen molar-refractivity contribution in [3.8, 4) is 0 Å². The fourth-order valence-corrected chi connectivity index (χ4v) is 3.58. The molecule has 0 fully saturated rings. The zero-order valence-corrected chi connectivity index (χ0v) is 14.1. The quantitative estimate of drug-likeness (QED) is 0.718. The van der Waals surface area contributed by atoms with Crippen molar-refractivity contribution in [2.24, 2.45) is 5.73 Å². The molecule has 0 aromatic heterocycles. The Morgan fingerprint density at radius 1 is 1.11 bits per heavy atom. The van der Waals surface area contributed by atoms with Gasteiger partial charge in [0, 0.05) is 25.3 Å². The van der Waals surface area contributed by atoms with Crippen LogP contribution in [0.1, 0.15) is 18.5 Å². The van der Waals surface area contributed by atoms with Crippen molar-refractivity contribution in [1.29, 1.82) is 0 Å². The average Bonchev–Trinajstić information content (AvgIpc) is 2.35. The molecule has 0 saturated carbocycles. The lowest BCUT2D eigenvalue weighted by Crippen LogP contribution is -2.06. The fraction of sp³-hybridized carbons (Fsp3) is 0.143. The summed E-state index contributed by atoms with van der Waals surface area (Å²) in [6, 6.07) is 11.5. The van der Waals surface area contributed by atoms with Gasteiger partial charge in [0.1, 0.15) is 0 Å². The van der Waals surface area contributed by atoms with Gasteiger partial charge in [-0.2, -0.15) is 0 Å². The van der Waals surface area contributed by atoms with Crippen molar-refractivity contribution < 1.29 is 0 Å². The molecule has 1 nitrogen and oxygen atoms in total. The first kappa shape index (κ1) is 15.2. The second kappa shape index (κ2) is 6.51. The Bertz CT molecular complexity index is 602. The maximum absolute atomic E-state index is 6.19. The number of hydrogen-bond donors (Lipinski definition) is 1. The smallest absolute Gasteiger partial charge is 0.0546 e. The second-order valence-electron chi connectivity index (χ2n) is 4.15. The van der Waals surface area contributed by atoms with E-state index >= 15 is 0 Å². The lowest BCUT2D eigenvalue weighted by Gasteiger charge is -2.13. The third kappa shape index (κ3) is 3.89. The van der Waals surface area contributed by atoms with Gasteiger partial charge in [-0.05, 0) is 48.9 Å². The van der Waals surface area contributed by atoms with Gasteiger partial charge in [-0.1, -0.05) is 50.9 Å². The van der Waals surface area contributed by atoms with E-state index < -0.39 is 0 Å².